The van der Waals surface area contributed by atoms with E-state index in [9.17, 15) is 10.1 Å². The van der Waals surface area contributed by atoms with E-state index < -0.39 is 4.92 Å². The number of rotatable bonds is 3. The number of thiazole rings is 2. The highest BCUT2D eigenvalue weighted by Gasteiger charge is 2.14. The highest BCUT2D eigenvalue weighted by molar-refractivity contribution is 8.02. The molecule has 0 aliphatic heterocycles. The first-order valence-electron chi connectivity index (χ1n) is 4.96. The van der Waals surface area contributed by atoms with Gasteiger partial charge in [0.2, 0.25) is 0 Å². The zero-order valence-electron chi connectivity index (χ0n) is 9.07. The van der Waals surface area contributed by atoms with Crippen LogP contribution in [0.3, 0.4) is 0 Å². The molecule has 0 radical (unpaired) electrons. The lowest BCUT2D eigenvalue weighted by molar-refractivity contribution is -0.380. The maximum atomic E-state index is 10.6. The van der Waals surface area contributed by atoms with E-state index in [0.717, 1.165) is 25.9 Å². The van der Waals surface area contributed by atoms with Gasteiger partial charge in [0.15, 0.2) is 8.68 Å². The van der Waals surface area contributed by atoms with Crippen molar-refractivity contribution in [3.05, 3.63) is 39.5 Å². The fraction of sp³-hybridized carbons (Fsp3) is 0. The zero-order chi connectivity index (χ0) is 13.4. The first-order chi connectivity index (χ1) is 9.11. The van der Waals surface area contributed by atoms with Crippen molar-refractivity contribution in [1.29, 1.82) is 0 Å². The molecule has 9 heteroatoms. The van der Waals surface area contributed by atoms with Crippen molar-refractivity contribution in [3.8, 4) is 0 Å². The number of nitro groups is 1. The third kappa shape index (κ3) is 2.71. The summed E-state index contributed by atoms with van der Waals surface area (Å²) >= 11 is 9.77. The molecular weight excluding hydrogens is 326 g/mol. The third-order valence-electron chi connectivity index (χ3n) is 2.16. The van der Waals surface area contributed by atoms with E-state index in [2.05, 4.69) is 9.97 Å². The van der Waals surface area contributed by atoms with Crippen molar-refractivity contribution < 1.29 is 4.92 Å². The summed E-state index contributed by atoms with van der Waals surface area (Å²) in [6.45, 7) is 0. The minimum Gasteiger partial charge on any atom is -0.257 e. The van der Waals surface area contributed by atoms with Crippen LogP contribution in [-0.2, 0) is 0 Å². The second-order valence-electron chi connectivity index (χ2n) is 3.42. The number of fused-ring (bicyclic) bond motifs is 1. The molecule has 0 saturated carbocycles. The molecule has 0 aliphatic rings. The minimum absolute atomic E-state index is 0.0339. The first kappa shape index (κ1) is 12.8. The smallest absolute Gasteiger partial charge is 0.257 e. The van der Waals surface area contributed by atoms with Crippen LogP contribution < -0.4 is 0 Å². The Hall–Kier alpha value is -1.22. The molecule has 3 aromatic rings. The monoisotopic (exact) mass is 329 g/mol. The van der Waals surface area contributed by atoms with Crippen molar-refractivity contribution in [2.45, 2.75) is 8.68 Å². The molecule has 2 heterocycles. The van der Waals surface area contributed by atoms with Crippen LogP contribution in [0.15, 0.2) is 33.1 Å². The van der Waals surface area contributed by atoms with Crippen molar-refractivity contribution in [1.82, 2.24) is 9.97 Å². The van der Waals surface area contributed by atoms with Crippen LogP contribution in [0, 0.1) is 10.1 Å². The molecule has 2 aromatic heterocycles. The molecule has 5 nitrogen and oxygen atoms in total. The fourth-order valence-electron chi connectivity index (χ4n) is 1.38. The summed E-state index contributed by atoms with van der Waals surface area (Å²) in [6.07, 6.45) is 1.26. The van der Waals surface area contributed by atoms with Gasteiger partial charge in [0.1, 0.15) is 6.20 Å². The molecule has 0 atom stereocenters. The van der Waals surface area contributed by atoms with Gasteiger partial charge in [-0.1, -0.05) is 11.6 Å². The Morgan fingerprint density at radius 2 is 2.16 bits per heavy atom. The summed E-state index contributed by atoms with van der Waals surface area (Å²) in [7, 11) is 0. The predicted molar refractivity (Wildman–Crippen MR) is 77.5 cm³/mol. The summed E-state index contributed by atoms with van der Waals surface area (Å²) in [5.41, 5.74) is 0.825. The van der Waals surface area contributed by atoms with E-state index in [0.29, 0.717) is 9.36 Å². The van der Waals surface area contributed by atoms with Crippen LogP contribution in [0.1, 0.15) is 0 Å². The van der Waals surface area contributed by atoms with Gasteiger partial charge in [0.25, 0.3) is 0 Å². The Bertz CT molecular complexity index is 770. The second kappa shape index (κ2) is 5.04. The Balaban J connectivity index is 1.89. The summed E-state index contributed by atoms with van der Waals surface area (Å²) in [4.78, 5) is 18.6. The molecule has 19 heavy (non-hydrogen) atoms. The molecule has 1 aromatic carbocycles. The van der Waals surface area contributed by atoms with E-state index in [-0.39, 0.29) is 5.00 Å². The molecule has 0 aliphatic carbocycles. The first-order valence-corrected chi connectivity index (χ1v) is 7.79. The quantitative estimate of drug-likeness (QED) is 0.524. The van der Waals surface area contributed by atoms with Crippen molar-refractivity contribution in [2.75, 3.05) is 0 Å². The Kier molecular flexibility index (Phi) is 3.40. The van der Waals surface area contributed by atoms with Gasteiger partial charge in [-0.15, -0.1) is 11.3 Å². The van der Waals surface area contributed by atoms with Crippen LogP contribution in [-0.4, -0.2) is 14.9 Å². The van der Waals surface area contributed by atoms with E-state index in [4.69, 9.17) is 11.6 Å². The maximum Gasteiger partial charge on any atom is 0.344 e. The molecular formula is C10H4ClN3O2S3. The minimum atomic E-state index is -0.445. The highest BCUT2D eigenvalue weighted by Crippen LogP contribution is 2.38. The Morgan fingerprint density at radius 1 is 1.32 bits per heavy atom. The number of aromatic nitrogens is 2. The Labute approximate surface area is 124 Å². The van der Waals surface area contributed by atoms with Crippen LogP contribution in [0.5, 0.6) is 0 Å². The van der Waals surface area contributed by atoms with Crippen molar-refractivity contribution in [2.24, 2.45) is 0 Å². The number of nitrogens with zero attached hydrogens (tertiary/aromatic N) is 3. The van der Waals surface area contributed by atoms with E-state index in [1.54, 1.807) is 6.07 Å². The van der Waals surface area contributed by atoms with Gasteiger partial charge < -0.3 is 0 Å². The summed E-state index contributed by atoms with van der Waals surface area (Å²) < 4.78 is 2.43. The van der Waals surface area contributed by atoms with Crippen molar-refractivity contribution >= 4 is 61.3 Å². The predicted octanol–water partition coefficient (Wildman–Crippen LogP) is 4.47. The molecule has 96 valence electrons. The number of hydrogen-bond donors (Lipinski definition) is 0. The standard InChI is InChI=1S/C10H4ClN3O2S3/c11-5-1-2-7-6(3-5)13-10(17-7)19-9-12-4-8(18-9)14(15)16/h1-4H. The lowest BCUT2D eigenvalue weighted by Gasteiger charge is -1.87. The molecule has 3 rings (SSSR count). The molecule has 0 bridgehead atoms. The van der Waals surface area contributed by atoms with E-state index in [1.165, 1.54) is 29.3 Å². The fourth-order valence-corrected chi connectivity index (χ4v) is 4.58. The van der Waals surface area contributed by atoms with Gasteiger partial charge in [0.05, 0.1) is 15.1 Å². The number of halogens is 1. The largest absolute Gasteiger partial charge is 0.344 e. The van der Waals surface area contributed by atoms with Gasteiger partial charge >= 0.3 is 5.00 Å². The lowest BCUT2D eigenvalue weighted by Crippen LogP contribution is -1.80. The molecule has 0 fully saturated rings. The van der Waals surface area contributed by atoms with Crippen molar-refractivity contribution in [3.63, 3.8) is 0 Å². The van der Waals surface area contributed by atoms with Crippen LogP contribution in [0.2, 0.25) is 5.02 Å². The molecule has 0 saturated heterocycles. The van der Waals surface area contributed by atoms with Crippen LogP contribution in [0.4, 0.5) is 5.00 Å². The van der Waals surface area contributed by atoms with Crippen LogP contribution >= 0.6 is 46.0 Å². The normalized spacial score (nSPS) is 11.0. The van der Waals surface area contributed by atoms with Gasteiger partial charge in [-0.25, -0.2) is 9.97 Å². The average Bonchev–Trinajstić information content (AvgIpc) is 2.95. The lowest BCUT2D eigenvalue weighted by atomic mass is 10.3. The zero-order valence-corrected chi connectivity index (χ0v) is 12.3. The summed E-state index contributed by atoms with van der Waals surface area (Å²) in [5.74, 6) is 0. The molecule has 0 spiro atoms. The van der Waals surface area contributed by atoms with Gasteiger partial charge in [-0.2, -0.15) is 0 Å². The second-order valence-corrected chi connectivity index (χ2v) is 7.39. The van der Waals surface area contributed by atoms with E-state index >= 15 is 0 Å². The Morgan fingerprint density at radius 3 is 2.89 bits per heavy atom. The highest BCUT2D eigenvalue weighted by atomic mass is 35.5. The third-order valence-corrected chi connectivity index (χ3v) is 5.51. The SMILES string of the molecule is O=[N+]([O-])c1cnc(Sc2nc3cc(Cl)ccc3s2)s1. The molecule has 0 unspecified atom stereocenters. The maximum absolute atomic E-state index is 10.6. The molecule has 0 amide bonds. The van der Waals surface area contributed by atoms with Gasteiger partial charge in [0, 0.05) is 5.02 Å². The van der Waals surface area contributed by atoms with Gasteiger partial charge in [-0.05, 0) is 41.3 Å². The summed E-state index contributed by atoms with van der Waals surface area (Å²) in [5, 5.41) is 11.3. The van der Waals surface area contributed by atoms with Gasteiger partial charge in [-0.3, -0.25) is 10.1 Å². The number of hydrogen-bond acceptors (Lipinski definition) is 7. The average molecular weight is 330 g/mol. The van der Waals surface area contributed by atoms with E-state index in [1.807, 2.05) is 12.1 Å². The summed E-state index contributed by atoms with van der Waals surface area (Å²) in [6, 6.07) is 5.51. The van der Waals surface area contributed by atoms with Crippen LogP contribution in [0.25, 0.3) is 10.2 Å². The number of benzene rings is 1. The molecule has 0 N–H and O–H groups in total. The topological polar surface area (TPSA) is 68.9 Å².